The van der Waals surface area contributed by atoms with E-state index in [1.54, 1.807) is 24.3 Å². The average Bonchev–Trinajstić information content (AvgIpc) is 3.11. The summed E-state index contributed by atoms with van der Waals surface area (Å²) in [6.07, 6.45) is -3.90. The molecule has 1 aromatic carbocycles. The van der Waals surface area contributed by atoms with Gasteiger partial charge in [-0.1, -0.05) is 18.2 Å². The maximum absolute atomic E-state index is 13.4. The van der Waals surface area contributed by atoms with Gasteiger partial charge in [0.05, 0.1) is 24.8 Å². The van der Waals surface area contributed by atoms with Crippen molar-refractivity contribution < 1.29 is 32.6 Å². The van der Waals surface area contributed by atoms with Crippen LogP contribution < -0.4 is 10.1 Å². The molecule has 2 aromatic rings. The minimum atomic E-state index is -4.78. The number of nitrogens with one attached hydrogen (secondary N) is 1. The van der Waals surface area contributed by atoms with Crippen LogP contribution in [0.25, 0.3) is 0 Å². The molecule has 0 aliphatic heterocycles. The van der Waals surface area contributed by atoms with Crippen LogP contribution in [0.5, 0.6) is 5.75 Å². The minimum absolute atomic E-state index is 0.0387. The number of amides is 1. The van der Waals surface area contributed by atoms with Gasteiger partial charge in [0.1, 0.15) is 5.75 Å². The number of aliphatic carboxylic acids is 1. The van der Waals surface area contributed by atoms with Crippen LogP contribution in [0.2, 0.25) is 0 Å². The van der Waals surface area contributed by atoms with Gasteiger partial charge in [0.25, 0.3) is 5.91 Å². The summed E-state index contributed by atoms with van der Waals surface area (Å²) in [6.45, 7) is 2.67. The Morgan fingerprint density at radius 3 is 2.48 bits per heavy atom. The van der Waals surface area contributed by atoms with Crippen LogP contribution in [0.3, 0.4) is 0 Å². The van der Waals surface area contributed by atoms with Gasteiger partial charge >= 0.3 is 12.1 Å². The van der Waals surface area contributed by atoms with E-state index < -0.39 is 41.3 Å². The fraction of sp³-hybridized carbons (Fsp3) is 0.421. The standard InChI is InChI=1S/C19H22F3N3O4/c1-11(2)25-16(19(20,21)22)14(10-24-25)17(26)23-9-13(18(27)28)8-12-6-4-5-7-15(12)29-3/h4-7,10-11,13H,8-9H2,1-3H3,(H,23,26)(H,27,28)/t13-/m0/s1. The zero-order valence-corrected chi connectivity index (χ0v) is 16.2. The molecule has 0 bridgehead atoms. The zero-order chi connectivity index (χ0) is 21.8. The third kappa shape index (κ3) is 5.27. The molecule has 29 heavy (non-hydrogen) atoms. The molecule has 10 heteroatoms. The highest BCUT2D eigenvalue weighted by atomic mass is 19.4. The number of benzene rings is 1. The van der Waals surface area contributed by atoms with Crippen molar-refractivity contribution in [3.8, 4) is 5.75 Å². The fourth-order valence-electron chi connectivity index (χ4n) is 2.90. The van der Waals surface area contributed by atoms with E-state index in [4.69, 9.17) is 4.74 Å². The molecule has 0 saturated heterocycles. The summed E-state index contributed by atoms with van der Waals surface area (Å²) in [5.41, 5.74) is -1.20. The highest BCUT2D eigenvalue weighted by Crippen LogP contribution is 2.33. The van der Waals surface area contributed by atoms with Gasteiger partial charge in [0.15, 0.2) is 5.69 Å². The largest absolute Gasteiger partial charge is 0.496 e. The lowest BCUT2D eigenvalue weighted by atomic mass is 9.98. The minimum Gasteiger partial charge on any atom is -0.496 e. The van der Waals surface area contributed by atoms with Gasteiger partial charge in [0, 0.05) is 12.6 Å². The molecule has 0 fully saturated rings. The summed E-state index contributed by atoms with van der Waals surface area (Å²) < 4.78 is 46.1. The van der Waals surface area contributed by atoms with Crippen LogP contribution in [-0.4, -0.2) is 40.4 Å². The van der Waals surface area contributed by atoms with Crippen molar-refractivity contribution in [2.24, 2.45) is 5.92 Å². The van der Waals surface area contributed by atoms with Gasteiger partial charge in [-0.05, 0) is 31.9 Å². The lowest BCUT2D eigenvalue weighted by Crippen LogP contribution is -2.35. The second-order valence-corrected chi connectivity index (χ2v) is 6.70. The molecular formula is C19H22F3N3O4. The van der Waals surface area contributed by atoms with Crippen LogP contribution in [-0.2, 0) is 17.4 Å². The molecule has 7 nitrogen and oxygen atoms in total. The van der Waals surface area contributed by atoms with Crippen molar-refractivity contribution in [2.45, 2.75) is 32.5 Å². The third-order valence-corrected chi connectivity index (χ3v) is 4.31. The fourth-order valence-corrected chi connectivity index (χ4v) is 2.90. The number of para-hydroxylation sites is 1. The Balaban J connectivity index is 2.19. The number of methoxy groups -OCH3 is 1. The van der Waals surface area contributed by atoms with Gasteiger partial charge in [-0.2, -0.15) is 18.3 Å². The van der Waals surface area contributed by atoms with Crippen molar-refractivity contribution in [3.05, 3.63) is 47.3 Å². The van der Waals surface area contributed by atoms with Crippen molar-refractivity contribution in [1.29, 1.82) is 0 Å². The highest BCUT2D eigenvalue weighted by molar-refractivity contribution is 5.95. The number of aromatic nitrogens is 2. The Bertz CT molecular complexity index is 878. The van der Waals surface area contributed by atoms with Gasteiger partial charge in [-0.25, -0.2) is 0 Å². The molecule has 158 valence electrons. The third-order valence-electron chi connectivity index (χ3n) is 4.31. The number of rotatable bonds is 8. The van der Waals surface area contributed by atoms with E-state index in [1.807, 2.05) is 0 Å². The Morgan fingerprint density at radius 1 is 1.28 bits per heavy atom. The van der Waals surface area contributed by atoms with Crippen LogP contribution >= 0.6 is 0 Å². The molecule has 0 spiro atoms. The number of carbonyl (C=O) groups is 2. The number of ether oxygens (including phenoxy) is 1. The summed E-state index contributed by atoms with van der Waals surface area (Å²) >= 11 is 0. The number of hydrogen-bond acceptors (Lipinski definition) is 4. The molecule has 1 amide bonds. The molecule has 1 heterocycles. The number of alkyl halides is 3. The van der Waals surface area contributed by atoms with Crippen molar-refractivity contribution in [1.82, 2.24) is 15.1 Å². The predicted molar refractivity (Wildman–Crippen MR) is 97.8 cm³/mol. The van der Waals surface area contributed by atoms with Gasteiger partial charge < -0.3 is 15.2 Å². The maximum Gasteiger partial charge on any atom is 0.433 e. The topological polar surface area (TPSA) is 93.5 Å². The molecule has 0 aliphatic carbocycles. The first-order valence-corrected chi connectivity index (χ1v) is 8.83. The van der Waals surface area contributed by atoms with Gasteiger partial charge in [-0.3, -0.25) is 14.3 Å². The highest BCUT2D eigenvalue weighted by Gasteiger charge is 2.40. The number of carbonyl (C=O) groups excluding carboxylic acids is 1. The number of hydrogen-bond donors (Lipinski definition) is 2. The van der Waals surface area contributed by atoms with E-state index in [2.05, 4.69) is 10.4 Å². The monoisotopic (exact) mass is 413 g/mol. The second kappa shape index (κ2) is 8.97. The summed E-state index contributed by atoms with van der Waals surface area (Å²) in [6, 6.07) is 6.19. The van der Waals surface area contributed by atoms with E-state index in [9.17, 15) is 27.9 Å². The summed E-state index contributed by atoms with van der Waals surface area (Å²) in [5.74, 6) is -2.78. The van der Waals surface area contributed by atoms with E-state index in [1.165, 1.54) is 21.0 Å². The normalized spacial score (nSPS) is 12.7. The van der Waals surface area contributed by atoms with Crippen molar-refractivity contribution >= 4 is 11.9 Å². The predicted octanol–water partition coefficient (Wildman–Crippen LogP) is 3.16. The first-order valence-electron chi connectivity index (χ1n) is 8.83. The average molecular weight is 413 g/mol. The zero-order valence-electron chi connectivity index (χ0n) is 16.2. The maximum atomic E-state index is 13.4. The van der Waals surface area contributed by atoms with E-state index in [0.29, 0.717) is 11.3 Å². The van der Waals surface area contributed by atoms with Crippen LogP contribution in [0, 0.1) is 5.92 Å². The van der Waals surface area contributed by atoms with Gasteiger partial charge in [0.2, 0.25) is 0 Å². The van der Waals surface area contributed by atoms with Gasteiger partial charge in [-0.15, -0.1) is 0 Å². The molecule has 0 saturated carbocycles. The van der Waals surface area contributed by atoms with Crippen molar-refractivity contribution in [3.63, 3.8) is 0 Å². The molecule has 0 unspecified atom stereocenters. The van der Waals surface area contributed by atoms with Crippen molar-refractivity contribution in [2.75, 3.05) is 13.7 Å². The van der Waals surface area contributed by atoms with Crippen LogP contribution in [0.4, 0.5) is 13.2 Å². The van der Waals surface area contributed by atoms with E-state index in [0.717, 1.165) is 10.9 Å². The number of carboxylic acids is 1. The molecular weight excluding hydrogens is 391 g/mol. The lowest BCUT2D eigenvalue weighted by molar-refractivity contribution is -0.145. The Labute approximate surface area is 165 Å². The van der Waals surface area contributed by atoms with E-state index in [-0.39, 0.29) is 13.0 Å². The molecule has 0 radical (unpaired) electrons. The smallest absolute Gasteiger partial charge is 0.433 e. The second-order valence-electron chi connectivity index (χ2n) is 6.70. The first-order chi connectivity index (χ1) is 13.6. The van der Waals surface area contributed by atoms with E-state index >= 15 is 0 Å². The SMILES string of the molecule is COc1ccccc1C[C@@H](CNC(=O)c1cnn(C(C)C)c1C(F)(F)F)C(=O)O. The Morgan fingerprint density at radius 2 is 1.93 bits per heavy atom. The number of nitrogens with zero attached hydrogens (tertiary/aromatic N) is 2. The first kappa shape index (κ1) is 22.3. The lowest BCUT2D eigenvalue weighted by Gasteiger charge is -2.17. The quantitative estimate of drug-likeness (QED) is 0.694. The molecule has 1 aromatic heterocycles. The molecule has 2 N–H and O–H groups in total. The molecule has 0 aliphatic rings. The molecule has 2 rings (SSSR count). The summed E-state index contributed by atoms with van der Waals surface area (Å²) in [5, 5.41) is 15.4. The summed E-state index contributed by atoms with van der Waals surface area (Å²) in [4.78, 5) is 24.0. The summed E-state index contributed by atoms with van der Waals surface area (Å²) in [7, 11) is 1.45. The number of carboxylic acid groups (broad SMARTS) is 1. The Kier molecular flexibility index (Phi) is 6.89. The number of halogens is 3. The Hall–Kier alpha value is -3.04. The van der Waals surface area contributed by atoms with Crippen LogP contribution in [0.1, 0.15) is 41.5 Å². The van der Waals surface area contributed by atoms with Crippen LogP contribution in [0.15, 0.2) is 30.5 Å². The molecule has 1 atom stereocenters.